The Bertz CT molecular complexity index is 779. The molecule has 7 heteroatoms. The fraction of sp³-hybridized carbons (Fsp3) is 0.312. The number of aromatic amines is 1. The number of hydrogen-bond acceptors (Lipinski definition) is 3. The van der Waals surface area contributed by atoms with Crippen molar-refractivity contribution in [3.05, 3.63) is 47.8 Å². The van der Waals surface area contributed by atoms with Crippen molar-refractivity contribution in [2.45, 2.75) is 25.7 Å². The molecule has 0 aliphatic heterocycles. The topological polar surface area (TPSA) is 82.3 Å². The normalized spacial score (nSPS) is 11.7. The molecule has 0 saturated heterocycles. The molecule has 0 bridgehead atoms. The van der Waals surface area contributed by atoms with Gasteiger partial charge < -0.3 is 10.3 Å². The van der Waals surface area contributed by atoms with Gasteiger partial charge in [0, 0.05) is 25.0 Å². The number of benzene rings is 1. The molecule has 2 N–H and O–H groups in total. The molecule has 1 amide bonds. The summed E-state index contributed by atoms with van der Waals surface area (Å²) in [6.45, 7) is 6.14. The van der Waals surface area contributed by atoms with E-state index in [9.17, 15) is 13.2 Å². The number of carbonyl (C=O) groups is 1. The molecule has 0 aliphatic rings. The van der Waals surface area contributed by atoms with Gasteiger partial charge in [0.15, 0.2) is 0 Å². The van der Waals surface area contributed by atoms with E-state index in [0.717, 1.165) is 0 Å². The fourth-order valence-corrected chi connectivity index (χ4v) is 4.04. The van der Waals surface area contributed by atoms with Gasteiger partial charge in [-0.25, -0.2) is 8.42 Å². The number of hydrogen-bond donors (Lipinski definition) is 2. The molecule has 0 fully saturated rings. The van der Waals surface area contributed by atoms with Gasteiger partial charge in [-0.3, -0.25) is 4.79 Å². The van der Waals surface area contributed by atoms with Crippen molar-refractivity contribution in [2.24, 2.45) is 0 Å². The summed E-state index contributed by atoms with van der Waals surface area (Å²) in [5.41, 5.74) is 1.51. The predicted octanol–water partition coefficient (Wildman–Crippen LogP) is 2.61. The lowest BCUT2D eigenvalue weighted by molar-refractivity contribution is 0.102. The van der Waals surface area contributed by atoms with Crippen LogP contribution in [0.3, 0.4) is 0 Å². The quantitative estimate of drug-likeness (QED) is 0.851. The van der Waals surface area contributed by atoms with Crippen molar-refractivity contribution in [1.82, 2.24) is 9.29 Å². The zero-order valence-electron chi connectivity index (χ0n) is 13.5. The van der Waals surface area contributed by atoms with E-state index in [1.807, 2.05) is 0 Å². The molecule has 0 saturated carbocycles. The van der Waals surface area contributed by atoms with Crippen LogP contribution in [0.1, 0.15) is 29.9 Å². The van der Waals surface area contributed by atoms with Crippen LogP contribution in [-0.2, 0) is 10.0 Å². The Morgan fingerprint density at radius 1 is 1.22 bits per heavy atom. The van der Waals surface area contributed by atoms with E-state index in [-0.39, 0.29) is 10.8 Å². The second-order valence-corrected chi connectivity index (χ2v) is 7.01. The lowest BCUT2D eigenvalue weighted by atomic mass is 10.2. The van der Waals surface area contributed by atoms with Crippen LogP contribution in [-0.4, -0.2) is 36.7 Å². The first-order chi connectivity index (χ1) is 10.9. The number of carbonyl (C=O) groups excluding carboxylic acids is 1. The Balaban J connectivity index is 2.34. The minimum absolute atomic E-state index is 0.213. The van der Waals surface area contributed by atoms with Crippen molar-refractivity contribution in [3.63, 3.8) is 0 Å². The molecule has 0 spiro atoms. The van der Waals surface area contributed by atoms with E-state index in [2.05, 4.69) is 10.3 Å². The van der Waals surface area contributed by atoms with Gasteiger partial charge in [0.1, 0.15) is 5.69 Å². The summed E-state index contributed by atoms with van der Waals surface area (Å²) in [5.74, 6) is -0.315. The first-order valence-electron chi connectivity index (χ1n) is 7.45. The van der Waals surface area contributed by atoms with Crippen LogP contribution in [0.2, 0.25) is 0 Å². The molecule has 1 heterocycles. The molecule has 1 aromatic heterocycles. The summed E-state index contributed by atoms with van der Waals surface area (Å²) >= 11 is 0. The monoisotopic (exact) mass is 335 g/mol. The SMILES string of the molecule is CCN(CC)S(=O)(=O)c1cc(NC(=O)c2ccc[nH]2)ccc1C. The van der Waals surface area contributed by atoms with E-state index in [0.29, 0.717) is 30.0 Å². The van der Waals surface area contributed by atoms with Crippen molar-refractivity contribution >= 4 is 21.6 Å². The standard InChI is InChI=1S/C16H21N3O3S/c1-4-19(5-2)23(21,22)15-11-13(9-8-12(15)3)18-16(20)14-7-6-10-17-14/h6-11,17H,4-5H2,1-3H3,(H,18,20). The van der Waals surface area contributed by atoms with Gasteiger partial charge in [-0.1, -0.05) is 19.9 Å². The summed E-state index contributed by atoms with van der Waals surface area (Å²) < 4.78 is 26.8. The Labute approximate surface area is 136 Å². The second kappa shape index (κ2) is 6.97. The van der Waals surface area contributed by atoms with Crippen LogP contribution in [0.4, 0.5) is 5.69 Å². The minimum Gasteiger partial charge on any atom is -0.357 e. The number of H-pyrrole nitrogens is 1. The van der Waals surface area contributed by atoms with Gasteiger partial charge >= 0.3 is 0 Å². The van der Waals surface area contributed by atoms with Gasteiger partial charge in [0.2, 0.25) is 10.0 Å². The highest BCUT2D eigenvalue weighted by Gasteiger charge is 2.24. The van der Waals surface area contributed by atoms with Crippen molar-refractivity contribution in [1.29, 1.82) is 0 Å². The van der Waals surface area contributed by atoms with Crippen LogP contribution >= 0.6 is 0 Å². The van der Waals surface area contributed by atoms with Crippen LogP contribution in [0.5, 0.6) is 0 Å². The van der Waals surface area contributed by atoms with E-state index in [1.165, 1.54) is 10.4 Å². The van der Waals surface area contributed by atoms with E-state index in [1.54, 1.807) is 51.2 Å². The Morgan fingerprint density at radius 2 is 1.91 bits per heavy atom. The maximum atomic E-state index is 12.7. The third-order valence-electron chi connectivity index (χ3n) is 3.61. The molecule has 1 aromatic carbocycles. The third-order valence-corrected chi connectivity index (χ3v) is 5.80. The minimum atomic E-state index is -3.57. The second-order valence-electron chi connectivity index (χ2n) is 5.11. The third kappa shape index (κ3) is 3.62. The average molecular weight is 335 g/mol. The van der Waals surface area contributed by atoms with Crippen LogP contribution in [0.25, 0.3) is 0 Å². The summed E-state index contributed by atoms with van der Waals surface area (Å²) in [5, 5.41) is 2.71. The first-order valence-corrected chi connectivity index (χ1v) is 8.89. The van der Waals surface area contributed by atoms with E-state index in [4.69, 9.17) is 0 Å². The van der Waals surface area contributed by atoms with Crippen LogP contribution in [0.15, 0.2) is 41.4 Å². The number of nitrogens with one attached hydrogen (secondary N) is 2. The Morgan fingerprint density at radius 3 is 2.48 bits per heavy atom. The van der Waals surface area contributed by atoms with Crippen molar-refractivity contribution in [3.8, 4) is 0 Å². The molecule has 0 unspecified atom stereocenters. The van der Waals surface area contributed by atoms with Crippen molar-refractivity contribution < 1.29 is 13.2 Å². The smallest absolute Gasteiger partial charge is 0.272 e. The first kappa shape index (κ1) is 17.2. The molecule has 2 rings (SSSR count). The predicted molar refractivity (Wildman–Crippen MR) is 90.0 cm³/mol. The molecule has 0 aliphatic carbocycles. The number of aryl methyl sites for hydroxylation is 1. The number of anilines is 1. The van der Waals surface area contributed by atoms with E-state index < -0.39 is 10.0 Å². The van der Waals surface area contributed by atoms with E-state index >= 15 is 0 Å². The average Bonchev–Trinajstić information content (AvgIpc) is 3.04. The Kier molecular flexibility index (Phi) is 5.23. The summed E-state index contributed by atoms with van der Waals surface area (Å²) in [6.07, 6.45) is 1.65. The maximum absolute atomic E-state index is 12.7. The summed E-state index contributed by atoms with van der Waals surface area (Å²) in [4.78, 5) is 15.1. The lowest BCUT2D eigenvalue weighted by Gasteiger charge is -2.20. The molecule has 0 radical (unpaired) electrons. The lowest BCUT2D eigenvalue weighted by Crippen LogP contribution is -2.31. The fourth-order valence-electron chi connectivity index (χ4n) is 2.33. The van der Waals surface area contributed by atoms with Gasteiger partial charge in [0.05, 0.1) is 4.90 Å². The molecular weight excluding hydrogens is 314 g/mol. The molecule has 6 nitrogen and oxygen atoms in total. The van der Waals surface area contributed by atoms with Crippen LogP contribution in [0, 0.1) is 6.92 Å². The number of aromatic nitrogens is 1. The molecular formula is C16H21N3O3S. The maximum Gasteiger partial charge on any atom is 0.272 e. The highest BCUT2D eigenvalue weighted by atomic mass is 32.2. The highest BCUT2D eigenvalue weighted by Crippen LogP contribution is 2.23. The number of sulfonamides is 1. The number of rotatable bonds is 6. The number of amides is 1. The zero-order chi connectivity index (χ0) is 17.0. The number of nitrogens with zero attached hydrogens (tertiary/aromatic N) is 1. The zero-order valence-corrected chi connectivity index (χ0v) is 14.3. The summed E-state index contributed by atoms with van der Waals surface area (Å²) in [7, 11) is -3.57. The highest BCUT2D eigenvalue weighted by molar-refractivity contribution is 7.89. The summed E-state index contributed by atoms with van der Waals surface area (Å²) in [6, 6.07) is 8.26. The Hall–Kier alpha value is -2.12. The molecule has 23 heavy (non-hydrogen) atoms. The van der Waals surface area contributed by atoms with Gasteiger partial charge in [-0.05, 0) is 36.8 Å². The van der Waals surface area contributed by atoms with Crippen molar-refractivity contribution in [2.75, 3.05) is 18.4 Å². The van der Waals surface area contributed by atoms with Gasteiger partial charge in [-0.2, -0.15) is 4.31 Å². The largest absolute Gasteiger partial charge is 0.357 e. The van der Waals surface area contributed by atoms with Crippen LogP contribution < -0.4 is 5.32 Å². The van der Waals surface area contributed by atoms with Gasteiger partial charge in [0.25, 0.3) is 5.91 Å². The molecule has 2 aromatic rings. The molecule has 124 valence electrons. The van der Waals surface area contributed by atoms with Gasteiger partial charge in [-0.15, -0.1) is 0 Å². The molecule has 0 atom stereocenters.